The number of nitrogens with one attached hydrogen (secondary N) is 1. The zero-order chi connectivity index (χ0) is 29.0. The van der Waals surface area contributed by atoms with Crippen LogP contribution in [-0.4, -0.2) is 41.0 Å². The van der Waals surface area contributed by atoms with Crippen LogP contribution in [0.4, 0.5) is 8.78 Å². The average Bonchev–Trinajstić information content (AvgIpc) is 3.63. The second-order valence-electron chi connectivity index (χ2n) is 10.3. The average molecular weight is 601 g/mol. The van der Waals surface area contributed by atoms with Crippen LogP contribution in [0.15, 0.2) is 54.4 Å². The Bertz CT molecular complexity index is 1900. The van der Waals surface area contributed by atoms with Crippen molar-refractivity contribution in [3.05, 3.63) is 87.8 Å². The molecule has 0 aliphatic carbocycles. The molecule has 3 aromatic heterocycles. The van der Waals surface area contributed by atoms with Crippen LogP contribution in [0.3, 0.4) is 0 Å². The number of thiazole rings is 1. The number of methoxy groups -OCH3 is 1. The summed E-state index contributed by atoms with van der Waals surface area (Å²) in [5.74, 6) is -0.588. The van der Waals surface area contributed by atoms with E-state index in [9.17, 15) is 9.18 Å². The zero-order valence-electron chi connectivity index (χ0n) is 22.8. The number of carbonyl (C=O) groups is 1. The number of ether oxygens (including phenoxy) is 1. The number of halogens is 2. The molecule has 0 bridgehead atoms. The largest absolute Gasteiger partial charge is 0.496 e. The van der Waals surface area contributed by atoms with E-state index in [1.165, 1.54) is 64.5 Å². The Morgan fingerprint density at radius 1 is 1.12 bits per heavy atom. The van der Waals surface area contributed by atoms with Crippen molar-refractivity contribution in [2.24, 2.45) is 0 Å². The number of carbonyl (C=O) groups excluding carboxylic acids is 1. The van der Waals surface area contributed by atoms with E-state index >= 15 is 4.39 Å². The van der Waals surface area contributed by atoms with Crippen LogP contribution in [0, 0.1) is 11.6 Å². The van der Waals surface area contributed by atoms with Crippen LogP contribution in [0.5, 0.6) is 5.75 Å². The SMILES string of the molecule is C=CC(=O)N1CCc2nc(-c3nc(-c4ccc5c(c4)CCNC5)c4c(F)csc4c3-c3ccc(F)cc3OC)sc2C1. The van der Waals surface area contributed by atoms with Gasteiger partial charge in [-0.1, -0.05) is 18.7 Å². The second kappa shape index (κ2) is 10.7. The van der Waals surface area contributed by atoms with Crippen LogP contribution in [-0.2, 0) is 30.7 Å². The molecule has 212 valence electrons. The molecule has 0 fully saturated rings. The monoisotopic (exact) mass is 600 g/mol. The molecule has 5 heterocycles. The molecule has 6 nitrogen and oxygen atoms in total. The van der Waals surface area contributed by atoms with Crippen LogP contribution >= 0.6 is 22.7 Å². The summed E-state index contributed by atoms with van der Waals surface area (Å²) in [4.78, 5) is 25.2. The molecule has 2 aliphatic rings. The number of aromatic nitrogens is 2. The predicted molar refractivity (Wildman–Crippen MR) is 163 cm³/mol. The topological polar surface area (TPSA) is 67.4 Å². The molecule has 42 heavy (non-hydrogen) atoms. The first-order valence-corrected chi connectivity index (χ1v) is 15.3. The minimum atomic E-state index is -0.435. The fourth-order valence-corrected chi connectivity index (χ4v) is 7.89. The lowest BCUT2D eigenvalue weighted by molar-refractivity contribution is -0.126. The Kier molecular flexibility index (Phi) is 6.84. The number of nitrogens with zero attached hydrogens (tertiary/aromatic N) is 3. The molecule has 0 saturated carbocycles. The summed E-state index contributed by atoms with van der Waals surface area (Å²) in [5, 5.41) is 5.97. The molecule has 2 aromatic carbocycles. The molecule has 0 saturated heterocycles. The van der Waals surface area contributed by atoms with Crippen LogP contribution in [0.2, 0.25) is 0 Å². The van der Waals surface area contributed by atoms with E-state index in [0.29, 0.717) is 62.9 Å². The van der Waals surface area contributed by atoms with Gasteiger partial charge in [-0.25, -0.2) is 18.7 Å². The molecule has 0 radical (unpaired) electrons. The molecule has 1 amide bonds. The molecular weight excluding hydrogens is 575 g/mol. The van der Waals surface area contributed by atoms with Crippen LogP contribution in [0.1, 0.15) is 21.7 Å². The van der Waals surface area contributed by atoms with Crippen molar-refractivity contribution < 1.29 is 18.3 Å². The number of benzene rings is 2. The summed E-state index contributed by atoms with van der Waals surface area (Å²) < 4.78 is 36.2. The van der Waals surface area contributed by atoms with Gasteiger partial charge < -0.3 is 15.0 Å². The van der Waals surface area contributed by atoms with E-state index in [2.05, 4.69) is 24.0 Å². The maximum Gasteiger partial charge on any atom is 0.246 e. The van der Waals surface area contributed by atoms with Crippen molar-refractivity contribution in [2.75, 3.05) is 20.2 Å². The lowest BCUT2D eigenvalue weighted by Crippen LogP contribution is -2.34. The summed E-state index contributed by atoms with van der Waals surface area (Å²) in [6.45, 7) is 6.30. The summed E-state index contributed by atoms with van der Waals surface area (Å²) >= 11 is 2.76. The highest BCUT2D eigenvalue weighted by molar-refractivity contribution is 7.18. The van der Waals surface area contributed by atoms with E-state index in [1.54, 1.807) is 11.0 Å². The molecule has 0 spiro atoms. The van der Waals surface area contributed by atoms with Gasteiger partial charge in [0, 0.05) is 57.2 Å². The highest BCUT2D eigenvalue weighted by Gasteiger charge is 2.29. The Labute approximate surface area is 249 Å². The second-order valence-corrected chi connectivity index (χ2v) is 12.3. The standard InChI is InChI=1S/C32H26F2N4O2S2/c1-3-26(39)38-11-9-23-25(15-38)42-32(36-23)30-27(21-7-6-20(33)13-24(21)40-2)31-28(22(34)16-41-31)29(37-30)18-4-5-19-14-35-10-8-17(19)12-18/h3-7,12-13,16,35H,1,8-11,14-15H2,2H3. The van der Waals surface area contributed by atoms with Gasteiger partial charge in [0.05, 0.1) is 30.4 Å². The van der Waals surface area contributed by atoms with Crippen molar-refractivity contribution in [1.29, 1.82) is 0 Å². The Hall–Kier alpha value is -3.99. The number of thiophene rings is 1. The molecule has 1 N–H and O–H groups in total. The minimum Gasteiger partial charge on any atom is -0.496 e. The number of amides is 1. The first kappa shape index (κ1) is 26.9. The Balaban J connectivity index is 1.49. The first-order chi connectivity index (χ1) is 20.4. The molecular formula is C32H26F2N4O2S2. The molecule has 7 rings (SSSR count). The molecule has 5 aromatic rings. The maximum atomic E-state index is 15.7. The lowest BCUT2D eigenvalue weighted by Gasteiger charge is -2.24. The van der Waals surface area contributed by atoms with Gasteiger partial charge in [0.25, 0.3) is 0 Å². The van der Waals surface area contributed by atoms with Crippen molar-refractivity contribution in [1.82, 2.24) is 20.2 Å². The summed E-state index contributed by atoms with van der Waals surface area (Å²) in [6.07, 6.45) is 2.82. The van der Waals surface area contributed by atoms with E-state index in [1.807, 2.05) is 6.07 Å². The quantitative estimate of drug-likeness (QED) is 0.226. The predicted octanol–water partition coefficient (Wildman–Crippen LogP) is 6.76. The van der Waals surface area contributed by atoms with Gasteiger partial charge in [0.2, 0.25) is 5.91 Å². The normalized spacial score (nSPS) is 14.5. The van der Waals surface area contributed by atoms with Crippen LogP contribution in [0.25, 0.3) is 43.2 Å². The van der Waals surface area contributed by atoms with E-state index in [-0.39, 0.29) is 11.7 Å². The third-order valence-electron chi connectivity index (χ3n) is 7.89. The summed E-state index contributed by atoms with van der Waals surface area (Å²) in [5.41, 5.74) is 6.57. The summed E-state index contributed by atoms with van der Waals surface area (Å²) in [6, 6.07) is 10.5. The van der Waals surface area contributed by atoms with Crippen molar-refractivity contribution in [3.63, 3.8) is 0 Å². The molecule has 0 unspecified atom stereocenters. The number of hydrogen-bond donors (Lipinski definition) is 1. The molecule has 2 aliphatic heterocycles. The van der Waals surface area contributed by atoms with Crippen LogP contribution < -0.4 is 10.1 Å². The molecule has 10 heteroatoms. The zero-order valence-corrected chi connectivity index (χ0v) is 24.4. The Morgan fingerprint density at radius 2 is 2.00 bits per heavy atom. The molecule has 0 atom stereocenters. The first-order valence-electron chi connectivity index (χ1n) is 13.6. The smallest absolute Gasteiger partial charge is 0.246 e. The van der Waals surface area contributed by atoms with Gasteiger partial charge in [0.15, 0.2) is 0 Å². The van der Waals surface area contributed by atoms with Gasteiger partial charge in [-0.2, -0.15) is 0 Å². The van der Waals surface area contributed by atoms with E-state index in [4.69, 9.17) is 14.7 Å². The van der Waals surface area contributed by atoms with Gasteiger partial charge in [-0.05, 0) is 48.4 Å². The highest BCUT2D eigenvalue weighted by atomic mass is 32.1. The van der Waals surface area contributed by atoms with Gasteiger partial charge in [-0.15, -0.1) is 22.7 Å². The van der Waals surface area contributed by atoms with Gasteiger partial charge in [-0.3, -0.25) is 4.79 Å². The highest BCUT2D eigenvalue weighted by Crippen LogP contribution is 2.48. The lowest BCUT2D eigenvalue weighted by atomic mass is 9.94. The fraction of sp³-hybridized carbons (Fsp3) is 0.219. The number of hydrogen-bond acceptors (Lipinski definition) is 7. The minimum absolute atomic E-state index is 0.120. The fourth-order valence-electron chi connectivity index (χ4n) is 5.80. The van der Waals surface area contributed by atoms with E-state index in [0.717, 1.165) is 35.6 Å². The maximum absolute atomic E-state index is 15.7. The number of fused-ring (bicyclic) bond motifs is 3. The third kappa shape index (κ3) is 4.50. The Morgan fingerprint density at radius 3 is 2.83 bits per heavy atom. The van der Waals surface area contributed by atoms with Crippen molar-refractivity contribution >= 4 is 38.7 Å². The van der Waals surface area contributed by atoms with Gasteiger partial charge >= 0.3 is 0 Å². The van der Waals surface area contributed by atoms with Gasteiger partial charge in [0.1, 0.15) is 28.1 Å². The van der Waals surface area contributed by atoms with E-state index < -0.39 is 5.82 Å². The third-order valence-corrected chi connectivity index (χ3v) is 9.95. The summed E-state index contributed by atoms with van der Waals surface area (Å²) in [7, 11) is 1.49. The number of rotatable bonds is 5. The van der Waals surface area contributed by atoms with Crippen molar-refractivity contribution in [2.45, 2.75) is 25.9 Å². The van der Waals surface area contributed by atoms with Crippen molar-refractivity contribution in [3.8, 4) is 38.8 Å². The number of pyridine rings is 1.